The van der Waals surface area contributed by atoms with Gasteiger partial charge in [-0.15, -0.1) is 0 Å². The van der Waals surface area contributed by atoms with Gasteiger partial charge in [0.05, 0.1) is 77.8 Å². The molecule has 0 radical (unpaired) electrons. The molecule has 1 fully saturated rings. The Morgan fingerprint density at radius 3 is 1.68 bits per heavy atom. The van der Waals surface area contributed by atoms with E-state index in [-0.39, 0.29) is 23.2 Å². The Morgan fingerprint density at radius 1 is 0.427 bits per heavy atom. The number of aromatic nitrogens is 7. The van der Waals surface area contributed by atoms with Gasteiger partial charge in [-0.1, -0.05) is 155 Å². The third-order valence-electron chi connectivity index (χ3n) is 21.1. The number of aryl methyl sites for hydroxylation is 1. The fraction of sp³-hybridized carbons (Fsp3) is 0.240. The van der Waals surface area contributed by atoms with E-state index in [0.717, 1.165) is 143 Å². The summed E-state index contributed by atoms with van der Waals surface area (Å²) in [5.41, 5.74) is 24.1. The van der Waals surface area contributed by atoms with Gasteiger partial charge in [-0.25, -0.2) is 34.9 Å². The van der Waals surface area contributed by atoms with E-state index in [2.05, 4.69) is 198 Å². The van der Waals surface area contributed by atoms with Crippen LogP contribution in [0.4, 0.5) is 0 Å². The van der Waals surface area contributed by atoms with Crippen molar-refractivity contribution >= 4 is 104 Å². The van der Waals surface area contributed by atoms with Crippen LogP contribution >= 0.6 is 0 Å². The van der Waals surface area contributed by atoms with E-state index in [1.54, 1.807) is 0 Å². The number of hydrogen-bond donors (Lipinski definition) is 0. The van der Waals surface area contributed by atoms with Gasteiger partial charge in [-0.05, 0) is 161 Å². The number of fused-ring (bicyclic) bond motifs is 18. The van der Waals surface area contributed by atoms with Crippen LogP contribution in [0.25, 0.3) is 127 Å². The quantitative estimate of drug-likeness (QED) is 0.149. The third kappa shape index (κ3) is 6.56. The molecule has 82 heavy (non-hydrogen) atoms. The van der Waals surface area contributed by atoms with Crippen molar-refractivity contribution in [3.8, 4) is 22.6 Å². The van der Waals surface area contributed by atoms with Gasteiger partial charge >= 0.3 is 0 Å². The van der Waals surface area contributed by atoms with Gasteiger partial charge < -0.3 is 0 Å². The summed E-state index contributed by atoms with van der Waals surface area (Å²) < 4.78 is 0. The Morgan fingerprint density at radius 2 is 1.00 bits per heavy atom. The molecule has 0 spiro atoms. The molecule has 18 rings (SSSR count). The van der Waals surface area contributed by atoms with Crippen molar-refractivity contribution < 1.29 is 0 Å². The molecule has 394 valence electrons. The highest BCUT2D eigenvalue weighted by Gasteiger charge is 2.49. The number of allylic oxidation sites excluding steroid dienone is 1. The van der Waals surface area contributed by atoms with Crippen LogP contribution in [-0.2, 0) is 18.3 Å². The molecule has 7 nitrogen and oxygen atoms in total. The van der Waals surface area contributed by atoms with Crippen LogP contribution in [0.3, 0.4) is 0 Å². The number of nitrogens with zero attached hydrogens (tertiary/aromatic N) is 7. The van der Waals surface area contributed by atoms with E-state index in [4.69, 9.17) is 34.9 Å². The molecule has 7 heteroatoms. The smallest absolute Gasteiger partial charge is 0.0931 e. The van der Waals surface area contributed by atoms with E-state index in [1.165, 1.54) is 55.2 Å². The Bertz CT molecular complexity index is 5080. The SMILES string of the molecule is CC1CC(C)C2c3ccc4nc3c3nc(ccc3C2C(C)C(C)CCc2c1c1c3c5nc(ccc25)-c2cccc5ccc(nc25)-c2ccc5cccc(c5n2)C2(C=C1)CCC2C3)c1cccc2ccc(nc21)c1ccc2cccc4c2n1. The minimum atomic E-state index is -0.157. The molecule has 8 aromatic heterocycles. The molecule has 0 saturated heterocycles. The Kier molecular flexibility index (Phi) is 9.79. The summed E-state index contributed by atoms with van der Waals surface area (Å²) in [5.74, 6) is 2.09. The molecule has 1 aliphatic heterocycles. The van der Waals surface area contributed by atoms with Crippen LogP contribution in [0, 0.1) is 23.7 Å². The first-order chi connectivity index (χ1) is 40.2. The average molecular weight is 1060 g/mol. The second-order valence-corrected chi connectivity index (χ2v) is 25.3. The molecule has 0 amide bonds. The molecule has 5 aliphatic rings. The van der Waals surface area contributed by atoms with E-state index in [1.807, 2.05) is 0 Å². The number of hydrogen-bond acceptors (Lipinski definition) is 7. The summed E-state index contributed by atoms with van der Waals surface area (Å²) in [6.45, 7) is 10.2. The number of rotatable bonds is 0. The van der Waals surface area contributed by atoms with Crippen molar-refractivity contribution in [2.45, 2.75) is 89.4 Å². The van der Waals surface area contributed by atoms with Gasteiger partial charge in [0.25, 0.3) is 0 Å². The molecule has 4 aliphatic carbocycles. The van der Waals surface area contributed by atoms with Crippen molar-refractivity contribution in [2.24, 2.45) is 23.7 Å². The highest BCUT2D eigenvalue weighted by molar-refractivity contribution is 6.08. The summed E-state index contributed by atoms with van der Waals surface area (Å²) in [6, 6.07) is 57.9. The number of para-hydroxylation sites is 4. The van der Waals surface area contributed by atoms with Crippen molar-refractivity contribution in [3.05, 3.63) is 203 Å². The predicted molar refractivity (Wildman–Crippen MR) is 336 cm³/mol. The summed E-state index contributed by atoms with van der Waals surface area (Å²) in [5, 5.41) is 7.81. The van der Waals surface area contributed by atoms with Gasteiger partial charge in [-0.3, -0.25) is 0 Å². The summed E-state index contributed by atoms with van der Waals surface area (Å²) in [4.78, 5) is 39.3. The van der Waals surface area contributed by atoms with Crippen LogP contribution in [0.2, 0.25) is 0 Å². The van der Waals surface area contributed by atoms with Crippen LogP contribution in [-0.4, -0.2) is 34.9 Å². The first-order valence-corrected chi connectivity index (χ1v) is 30.0. The Labute approximate surface area is 475 Å². The second kappa shape index (κ2) is 17.1. The van der Waals surface area contributed by atoms with E-state index < -0.39 is 0 Å². The zero-order valence-electron chi connectivity index (χ0n) is 46.6. The number of benzene rings is 5. The lowest BCUT2D eigenvalue weighted by Crippen LogP contribution is -2.43. The van der Waals surface area contributed by atoms with E-state index >= 15 is 0 Å². The van der Waals surface area contributed by atoms with Gasteiger partial charge in [0, 0.05) is 48.7 Å². The molecule has 13 aromatic rings. The van der Waals surface area contributed by atoms with E-state index in [0.29, 0.717) is 23.7 Å². The zero-order chi connectivity index (χ0) is 54.3. The van der Waals surface area contributed by atoms with Crippen molar-refractivity contribution in [2.75, 3.05) is 0 Å². The van der Waals surface area contributed by atoms with Gasteiger partial charge in [0.15, 0.2) is 0 Å². The molecule has 9 heterocycles. The van der Waals surface area contributed by atoms with Crippen LogP contribution in [0.5, 0.6) is 0 Å². The molecular weight excluding hydrogens is 999 g/mol. The average Bonchev–Trinajstić information content (AvgIpc) is 1.95. The van der Waals surface area contributed by atoms with Crippen molar-refractivity contribution in [1.29, 1.82) is 0 Å². The number of pyridine rings is 7. The molecular formula is C75H59N7. The first kappa shape index (κ1) is 46.9. The Balaban J connectivity index is 0.871. The molecule has 5 aromatic carbocycles. The zero-order valence-corrected chi connectivity index (χ0v) is 46.6. The summed E-state index contributed by atoms with van der Waals surface area (Å²) in [6.07, 6.45) is 11.5. The summed E-state index contributed by atoms with van der Waals surface area (Å²) >= 11 is 0. The van der Waals surface area contributed by atoms with Gasteiger partial charge in [0.2, 0.25) is 0 Å². The largest absolute Gasteiger partial charge is 0.247 e. The predicted octanol–water partition coefficient (Wildman–Crippen LogP) is 18.2. The molecule has 0 N–H and O–H groups in total. The lowest BCUT2D eigenvalue weighted by Gasteiger charge is -2.48. The van der Waals surface area contributed by atoms with Crippen LogP contribution in [0.1, 0.15) is 110 Å². The maximum atomic E-state index is 5.91. The standard InChI is InChI=1S/C75H59N7/c1-39-17-22-48-50-23-30-58-51-13-5-9-43-20-28-63(81-68(43)51)64-29-21-46-12-8-16-57(71(46)82-64)75-35-33-47(75)38-56(72(50)76-58)49(34-36-75)65(48)40(2)37-41(3)66-54-24-31-59-52-14-6-10-44-18-26-61(79-69(44)52)62-27-19-45-11-7-15-53(70(45)80-62)60-32-25-55(67(66)42(39)4)74(78-60)73(54)77-59/h5-16,18-21,23-32,34,36,39-42,47,66-67H,17,22,33,35,37-38H2,1-4H3. The fourth-order valence-corrected chi connectivity index (χ4v) is 16.8. The highest BCUT2D eigenvalue weighted by Crippen LogP contribution is 2.58. The normalized spacial score (nSPS) is 23.4. The monoisotopic (exact) mass is 1060 g/mol. The topological polar surface area (TPSA) is 90.2 Å². The fourth-order valence-electron chi connectivity index (χ4n) is 16.8. The van der Waals surface area contributed by atoms with Crippen LogP contribution in [0.15, 0.2) is 164 Å². The lowest BCUT2D eigenvalue weighted by atomic mass is 9.55. The minimum Gasteiger partial charge on any atom is -0.247 e. The maximum absolute atomic E-state index is 5.91. The van der Waals surface area contributed by atoms with Gasteiger partial charge in [0.1, 0.15) is 0 Å². The van der Waals surface area contributed by atoms with Crippen molar-refractivity contribution in [1.82, 2.24) is 34.9 Å². The summed E-state index contributed by atoms with van der Waals surface area (Å²) in [7, 11) is 0. The second-order valence-electron chi connectivity index (χ2n) is 25.3. The highest BCUT2D eigenvalue weighted by atomic mass is 14.8. The molecule has 8 atom stereocenters. The lowest BCUT2D eigenvalue weighted by molar-refractivity contribution is 0.175. The first-order valence-electron chi connectivity index (χ1n) is 30.0. The third-order valence-corrected chi connectivity index (χ3v) is 21.1. The van der Waals surface area contributed by atoms with Crippen LogP contribution < -0.4 is 0 Å². The van der Waals surface area contributed by atoms with E-state index in [9.17, 15) is 0 Å². The van der Waals surface area contributed by atoms with Gasteiger partial charge in [-0.2, -0.15) is 0 Å². The minimum absolute atomic E-state index is 0.157. The molecule has 16 bridgehead atoms. The molecule has 1 saturated carbocycles. The Hall–Kier alpha value is -8.81. The van der Waals surface area contributed by atoms with Crippen molar-refractivity contribution in [3.63, 3.8) is 0 Å². The maximum Gasteiger partial charge on any atom is 0.0931 e. The molecule has 8 unspecified atom stereocenters.